The minimum absolute atomic E-state index is 0.0123. The molecule has 1 N–H and O–H groups in total. The monoisotopic (exact) mass is 293 g/mol. The summed E-state index contributed by atoms with van der Waals surface area (Å²) in [4.78, 5) is 13.6. The maximum absolute atomic E-state index is 11.9. The molecule has 0 fully saturated rings. The number of hydrogen-bond acceptors (Lipinski definition) is 3. The van der Waals surface area contributed by atoms with Crippen LogP contribution < -0.4 is 4.74 Å². The Morgan fingerprint density at radius 3 is 2.95 bits per heavy atom. The third-order valence-electron chi connectivity index (χ3n) is 2.81. The number of carbonyl (C=O) groups is 1. The lowest BCUT2D eigenvalue weighted by molar-refractivity contribution is -0.130. The summed E-state index contributed by atoms with van der Waals surface area (Å²) in [7, 11) is 1.75. The Hall–Kier alpha value is -2.01. The number of para-hydroxylation sites is 1. The maximum Gasteiger partial charge on any atom is 0.226 e. The van der Waals surface area contributed by atoms with Crippen molar-refractivity contribution in [2.75, 3.05) is 13.7 Å². The molecule has 0 saturated carbocycles. The molecule has 1 heterocycles. The first-order valence-corrected chi connectivity index (χ1v) is 6.63. The molecule has 1 aromatic heterocycles. The van der Waals surface area contributed by atoms with Crippen LogP contribution in [0, 0.1) is 0 Å². The number of aromatic nitrogens is 2. The van der Waals surface area contributed by atoms with Gasteiger partial charge >= 0.3 is 0 Å². The minimum Gasteiger partial charge on any atom is -0.491 e. The Morgan fingerprint density at radius 1 is 1.45 bits per heavy atom. The fourth-order valence-electron chi connectivity index (χ4n) is 1.73. The summed E-state index contributed by atoms with van der Waals surface area (Å²) >= 11 is 5.97. The van der Waals surface area contributed by atoms with Gasteiger partial charge < -0.3 is 9.64 Å². The average molecular weight is 294 g/mol. The van der Waals surface area contributed by atoms with E-state index in [1.54, 1.807) is 36.5 Å². The molecule has 2 aromatic rings. The molecule has 0 aliphatic carbocycles. The molecule has 20 heavy (non-hydrogen) atoms. The van der Waals surface area contributed by atoms with Gasteiger partial charge in [0.15, 0.2) is 0 Å². The molecule has 0 aliphatic heterocycles. The van der Waals surface area contributed by atoms with E-state index in [4.69, 9.17) is 16.3 Å². The van der Waals surface area contributed by atoms with Gasteiger partial charge in [0.2, 0.25) is 5.91 Å². The van der Waals surface area contributed by atoms with E-state index in [2.05, 4.69) is 10.2 Å². The lowest BCUT2D eigenvalue weighted by Gasteiger charge is -2.16. The quantitative estimate of drug-likeness (QED) is 0.890. The number of rotatable bonds is 6. The second-order valence-electron chi connectivity index (χ2n) is 4.39. The van der Waals surface area contributed by atoms with Crippen LogP contribution in [0.25, 0.3) is 0 Å². The smallest absolute Gasteiger partial charge is 0.226 e. The predicted octanol–water partition coefficient (Wildman–Crippen LogP) is 2.49. The van der Waals surface area contributed by atoms with Crippen molar-refractivity contribution in [3.8, 4) is 5.75 Å². The molecule has 0 radical (unpaired) electrons. The number of benzene rings is 1. The van der Waals surface area contributed by atoms with Gasteiger partial charge in [0.25, 0.3) is 0 Å². The summed E-state index contributed by atoms with van der Waals surface area (Å²) in [6.07, 6.45) is 3.77. The van der Waals surface area contributed by atoms with Crippen molar-refractivity contribution in [1.82, 2.24) is 15.1 Å². The zero-order valence-corrected chi connectivity index (χ0v) is 11.9. The van der Waals surface area contributed by atoms with Crippen LogP contribution in [-0.4, -0.2) is 34.7 Å². The van der Waals surface area contributed by atoms with Gasteiger partial charge in [-0.3, -0.25) is 9.89 Å². The highest BCUT2D eigenvalue weighted by Crippen LogP contribution is 2.23. The summed E-state index contributed by atoms with van der Waals surface area (Å²) in [5.74, 6) is 0.609. The van der Waals surface area contributed by atoms with Gasteiger partial charge in [-0.15, -0.1) is 0 Å². The molecule has 0 bridgehead atoms. The standard InChI is InChI=1S/C14H16ClN3O2/c1-18(10-11-8-16-17-9-11)14(19)6-7-20-13-5-3-2-4-12(13)15/h2-5,8-9H,6-7,10H2,1H3,(H,16,17). The molecule has 0 spiro atoms. The summed E-state index contributed by atoms with van der Waals surface area (Å²) < 4.78 is 5.49. The van der Waals surface area contributed by atoms with Crippen LogP contribution >= 0.6 is 11.6 Å². The van der Waals surface area contributed by atoms with Crippen LogP contribution in [0.15, 0.2) is 36.7 Å². The van der Waals surface area contributed by atoms with Gasteiger partial charge in [-0.25, -0.2) is 0 Å². The molecular weight excluding hydrogens is 278 g/mol. The molecule has 0 aliphatic rings. The van der Waals surface area contributed by atoms with Crippen LogP contribution in [-0.2, 0) is 11.3 Å². The third kappa shape index (κ3) is 3.99. The number of ether oxygens (including phenoxy) is 1. The molecular formula is C14H16ClN3O2. The summed E-state index contributed by atoms with van der Waals surface area (Å²) in [5, 5.41) is 7.11. The van der Waals surface area contributed by atoms with Gasteiger partial charge in [0.1, 0.15) is 5.75 Å². The van der Waals surface area contributed by atoms with Gasteiger partial charge in [-0.2, -0.15) is 5.10 Å². The second-order valence-corrected chi connectivity index (χ2v) is 4.79. The summed E-state index contributed by atoms with van der Waals surface area (Å²) in [5.41, 5.74) is 0.966. The molecule has 0 saturated heterocycles. The van der Waals surface area contributed by atoms with Crippen LogP contribution in [0.3, 0.4) is 0 Å². The summed E-state index contributed by atoms with van der Waals surface area (Å²) in [6.45, 7) is 0.833. The zero-order chi connectivity index (χ0) is 14.4. The van der Waals surface area contributed by atoms with Crippen molar-refractivity contribution in [1.29, 1.82) is 0 Å². The largest absolute Gasteiger partial charge is 0.491 e. The highest BCUT2D eigenvalue weighted by Gasteiger charge is 2.10. The Labute approximate surface area is 122 Å². The number of H-pyrrole nitrogens is 1. The second kappa shape index (κ2) is 6.96. The van der Waals surface area contributed by atoms with E-state index in [-0.39, 0.29) is 5.91 Å². The summed E-state index contributed by atoms with van der Waals surface area (Å²) in [6, 6.07) is 7.21. The number of amides is 1. The zero-order valence-electron chi connectivity index (χ0n) is 11.2. The molecule has 6 heteroatoms. The van der Waals surface area contributed by atoms with Gasteiger partial charge in [-0.1, -0.05) is 23.7 Å². The van der Waals surface area contributed by atoms with E-state index in [0.29, 0.717) is 30.3 Å². The van der Waals surface area contributed by atoms with E-state index < -0.39 is 0 Å². The van der Waals surface area contributed by atoms with Crippen LogP contribution in [0.1, 0.15) is 12.0 Å². The first-order valence-electron chi connectivity index (χ1n) is 6.26. The number of halogens is 1. The molecule has 0 unspecified atom stereocenters. The Balaban J connectivity index is 1.76. The van der Waals surface area contributed by atoms with Gasteiger partial charge in [-0.05, 0) is 12.1 Å². The fourth-order valence-corrected chi connectivity index (χ4v) is 1.92. The average Bonchev–Trinajstić information content (AvgIpc) is 2.93. The van der Waals surface area contributed by atoms with Crippen molar-refractivity contribution in [2.45, 2.75) is 13.0 Å². The minimum atomic E-state index is 0.0123. The molecule has 0 atom stereocenters. The first-order chi connectivity index (χ1) is 9.66. The lowest BCUT2D eigenvalue weighted by Crippen LogP contribution is -2.27. The SMILES string of the molecule is CN(Cc1cn[nH]c1)C(=O)CCOc1ccccc1Cl. The van der Waals surface area contributed by atoms with Crippen molar-refractivity contribution in [3.05, 3.63) is 47.2 Å². The van der Waals surface area contributed by atoms with Crippen molar-refractivity contribution < 1.29 is 9.53 Å². The van der Waals surface area contributed by atoms with Crippen molar-refractivity contribution in [2.24, 2.45) is 0 Å². The lowest BCUT2D eigenvalue weighted by atomic mass is 10.3. The first kappa shape index (κ1) is 14.4. The number of aromatic amines is 1. The highest BCUT2D eigenvalue weighted by atomic mass is 35.5. The topological polar surface area (TPSA) is 58.2 Å². The molecule has 2 rings (SSSR count). The number of hydrogen-bond donors (Lipinski definition) is 1. The molecule has 1 aromatic carbocycles. The van der Waals surface area contributed by atoms with E-state index >= 15 is 0 Å². The number of nitrogens with zero attached hydrogens (tertiary/aromatic N) is 2. The van der Waals surface area contributed by atoms with Gasteiger partial charge in [0.05, 0.1) is 24.2 Å². The van der Waals surface area contributed by atoms with E-state index in [0.717, 1.165) is 5.56 Å². The van der Waals surface area contributed by atoms with Crippen molar-refractivity contribution >= 4 is 17.5 Å². The van der Waals surface area contributed by atoms with Crippen molar-refractivity contribution in [3.63, 3.8) is 0 Å². The number of carbonyl (C=O) groups excluding carboxylic acids is 1. The Kier molecular flexibility index (Phi) is 5.01. The van der Waals surface area contributed by atoms with E-state index in [9.17, 15) is 4.79 Å². The fraction of sp³-hybridized carbons (Fsp3) is 0.286. The highest BCUT2D eigenvalue weighted by molar-refractivity contribution is 6.32. The van der Waals surface area contributed by atoms with E-state index in [1.807, 2.05) is 12.1 Å². The van der Waals surface area contributed by atoms with Crippen LogP contribution in [0.5, 0.6) is 5.75 Å². The Bertz CT molecular complexity index is 557. The molecule has 5 nitrogen and oxygen atoms in total. The number of nitrogens with one attached hydrogen (secondary N) is 1. The maximum atomic E-state index is 11.9. The predicted molar refractivity (Wildman–Crippen MR) is 76.6 cm³/mol. The Morgan fingerprint density at radius 2 is 2.25 bits per heavy atom. The molecule has 106 valence electrons. The van der Waals surface area contributed by atoms with Crippen LogP contribution in [0.4, 0.5) is 0 Å². The molecule has 1 amide bonds. The normalized spacial score (nSPS) is 10.3. The third-order valence-corrected chi connectivity index (χ3v) is 3.12. The van der Waals surface area contributed by atoms with Crippen LogP contribution in [0.2, 0.25) is 5.02 Å². The van der Waals surface area contributed by atoms with E-state index in [1.165, 1.54) is 0 Å². The van der Waals surface area contributed by atoms with Gasteiger partial charge in [0, 0.05) is 25.4 Å².